The first-order valence-corrected chi connectivity index (χ1v) is 6.74. The highest BCUT2D eigenvalue weighted by atomic mass is 16.5. The first-order chi connectivity index (χ1) is 10.8. The van der Waals surface area contributed by atoms with Crippen molar-refractivity contribution < 1.29 is 9.32 Å². The topological polar surface area (TPSA) is 83.3 Å². The maximum absolute atomic E-state index is 12.3. The van der Waals surface area contributed by atoms with E-state index in [9.17, 15) is 4.79 Å². The predicted molar refractivity (Wildman–Crippen MR) is 82.5 cm³/mol. The van der Waals surface area contributed by atoms with Crippen molar-refractivity contribution in [1.82, 2.24) is 15.6 Å². The molecular formula is C16H14N4O2. The van der Waals surface area contributed by atoms with Crippen LogP contribution in [0.1, 0.15) is 21.8 Å². The van der Waals surface area contributed by atoms with E-state index in [1.807, 2.05) is 42.5 Å². The van der Waals surface area contributed by atoms with Gasteiger partial charge in [0.15, 0.2) is 0 Å². The van der Waals surface area contributed by atoms with Gasteiger partial charge in [0.05, 0.1) is 11.9 Å². The van der Waals surface area contributed by atoms with E-state index in [4.69, 9.17) is 4.52 Å². The number of hydrazone groups is 1. The molecule has 110 valence electrons. The lowest BCUT2D eigenvalue weighted by molar-refractivity contribution is 0.0954. The van der Waals surface area contributed by atoms with Gasteiger partial charge in [-0.25, -0.2) is 5.43 Å². The van der Waals surface area contributed by atoms with Crippen LogP contribution in [0.15, 0.2) is 58.3 Å². The Hall–Kier alpha value is -3.15. The summed E-state index contributed by atoms with van der Waals surface area (Å²) in [5.41, 5.74) is 4.99. The molecule has 6 heteroatoms. The smallest absolute Gasteiger partial charge is 0.277 e. The van der Waals surface area contributed by atoms with Gasteiger partial charge in [-0.05, 0) is 19.1 Å². The van der Waals surface area contributed by atoms with Crippen LogP contribution in [0, 0.1) is 6.92 Å². The number of hydrogen-bond donors (Lipinski definition) is 2. The quantitative estimate of drug-likeness (QED) is 0.573. The molecule has 0 saturated heterocycles. The number of amides is 1. The van der Waals surface area contributed by atoms with Gasteiger partial charge < -0.3 is 9.51 Å². The Morgan fingerprint density at radius 3 is 2.82 bits per heavy atom. The molecule has 3 rings (SSSR count). The molecule has 0 bridgehead atoms. The third kappa shape index (κ3) is 2.80. The van der Waals surface area contributed by atoms with E-state index in [1.165, 1.54) is 6.21 Å². The third-order valence-corrected chi connectivity index (χ3v) is 3.13. The number of aromatic amines is 1. The molecular weight excluding hydrogens is 280 g/mol. The van der Waals surface area contributed by atoms with E-state index >= 15 is 0 Å². The maximum atomic E-state index is 12.3. The summed E-state index contributed by atoms with van der Waals surface area (Å²) in [6.45, 7) is 1.70. The number of aromatic nitrogens is 2. The second-order valence-corrected chi connectivity index (χ2v) is 4.65. The first kappa shape index (κ1) is 13.8. The van der Waals surface area contributed by atoms with Gasteiger partial charge in [-0.1, -0.05) is 35.5 Å². The van der Waals surface area contributed by atoms with Gasteiger partial charge in [-0.3, -0.25) is 4.79 Å². The molecule has 3 aromatic rings. The Balaban J connectivity index is 1.82. The molecule has 0 aliphatic heterocycles. The van der Waals surface area contributed by atoms with Crippen LogP contribution in [0.3, 0.4) is 0 Å². The van der Waals surface area contributed by atoms with Gasteiger partial charge in [0, 0.05) is 11.8 Å². The summed E-state index contributed by atoms with van der Waals surface area (Å²) in [5, 5.41) is 7.89. The lowest BCUT2D eigenvalue weighted by Crippen LogP contribution is -2.18. The molecule has 2 aromatic heterocycles. The second-order valence-electron chi connectivity index (χ2n) is 4.65. The Bertz CT molecular complexity index is 789. The minimum Gasteiger partial charge on any atom is -0.360 e. The number of carbonyl (C=O) groups excluding carboxylic acids is 1. The molecule has 2 heterocycles. The molecule has 1 amide bonds. The minimum atomic E-state index is -0.361. The number of nitrogens with zero attached hydrogens (tertiary/aromatic N) is 2. The Morgan fingerprint density at radius 2 is 2.09 bits per heavy atom. The zero-order chi connectivity index (χ0) is 15.4. The molecule has 0 unspecified atom stereocenters. The number of carbonyl (C=O) groups is 1. The van der Waals surface area contributed by atoms with Crippen molar-refractivity contribution >= 4 is 12.1 Å². The SMILES string of the molecule is Cc1onc(-c2ccccc2)c1C(=O)NN=Cc1ccc[nH]1. The highest BCUT2D eigenvalue weighted by molar-refractivity contribution is 6.01. The standard InChI is InChI=1S/C16H14N4O2/c1-11-14(15(20-22-11)12-6-3-2-4-7-12)16(21)19-18-10-13-8-5-9-17-13/h2-10,17H,1H3,(H,19,21). The summed E-state index contributed by atoms with van der Waals surface area (Å²) in [5.74, 6) is 0.0897. The van der Waals surface area contributed by atoms with Gasteiger partial charge in [0.25, 0.3) is 5.91 Å². The molecule has 22 heavy (non-hydrogen) atoms. The molecule has 0 radical (unpaired) electrons. The highest BCUT2D eigenvalue weighted by Gasteiger charge is 2.21. The first-order valence-electron chi connectivity index (χ1n) is 6.74. The van der Waals surface area contributed by atoms with Gasteiger partial charge in [-0.15, -0.1) is 0 Å². The number of H-pyrrole nitrogens is 1. The summed E-state index contributed by atoms with van der Waals surface area (Å²) in [6.07, 6.45) is 3.31. The van der Waals surface area contributed by atoms with Crippen molar-refractivity contribution in [3.63, 3.8) is 0 Å². The van der Waals surface area contributed by atoms with Gasteiger partial charge >= 0.3 is 0 Å². The van der Waals surface area contributed by atoms with Crippen LogP contribution in [0.2, 0.25) is 0 Å². The normalized spacial score (nSPS) is 11.0. The molecule has 6 nitrogen and oxygen atoms in total. The van der Waals surface area contributed by atoms with E-state index in [-0.39, 0.29) is 5.91 Å². The summed E-state index contributed by atoms with van der Waals surface area (Å²) >= 11 is 0. The lowest BCUT2D eigenvalue weighted by atomic mass is 10.1. The van der Waals surface area contributed by atoms with Crippen molar-refractivity contribution in [1.29, 1.82) is 0 Å². The minimum absolute atomic E-state index is 0.361. The predicted octanol–water partition coefficient (Wildman–Crippen LogP) is 2.74. The monoisotopic (exact) mass is 294 g/mol. The summed E-state index contributed by atoms with van der Waals surface area (Å²) in [7, 11) is 0. The molecule has 0 spiro atoms. The summed E-state index contributed by atoms with van der Waals surface area (Å²) < 4.78 is 5.15. The van der Waals surface area contributed by atoms with Crippen LogP contribution in [0.4, 0.5) is 0 Å². The van der Waals surface area contributed by atoms with E-state index in [0.717, 1.165) is 11.3 Å². The molecule has 1 aromatic carbocycles. The Labute approximate surface area is 126 Å². The zero-order valence-electron chi connectivity index (χ0n) is 11.9. The Morgan fingerprint density at radius 1 is 1.27 bits per heavy atom. The number of nitrogens with one attached hydrogen (secondary N) is 2. The van der Waals surface area contributed by atoms with Gasteiger partial charge in [-0.2, -0.15) is 5.10 Å². The van der Waals surface area contributed by atoms with Crippen LogP contribution in [-0.4, -0.2) is 22.3 Å². The highest BCUT2D eigenvalue weighted by Crippen LogP contribution is 2.24. The van der Waals surface area contributed by atoms with Crippen LogP contribution in [0.25, 0.3) is 11.3 Å². The van der Waals surface area contributed by atoms with E-state index < -0.39 is 0 Å². The molecule has 0 fully saturated rings. The third-order valence-electron chi connectivity index (χ3n) is 3.13. The van der Waals surface area contributed by atoms with Crippen molar-refractivity contribution in [3.05, 3.63) is 65.7 Å². The van der Waals surface area contributed by atoms with E-state index in [0.29, 0.717) is 17.0 Å². The van der Waals surface area contributed by atoms with Crippen molar-refractivity contribution in [3.8, 4) is 11.3 Å². The van der Waals surface area contributed by atoms with Gasteiger partial charge in [0.1, 0.15) is 17.0 Å². The van der Waals surface area contributed by atoms with Crippen LogP contribution >= 0.6 is 0 Å². The number of rotatable bonds is 4. The molecule has 2 N–H and O–H groups in total. The average molecular weight is 294 g/mol. The fourth-order valence-electron chi connectivity index (χ4n) is 2.07. The molecule has 0 atom stereocenters. The van der Waals surface area contributed by atoms with Crippen molar-refractivity contribution in [2.75, 3.05) is 0 Å². The van der Waals surface area contributed by atoms with Crippen LogP contribution < -0.4 is 5.43 Å². The molecule has 0 saturated carbocycles. The second kappa shape index (κ2) is 6.09. The fourth-order valence-corrected chi connectivity index (χ4v) is 2.07. The van der Waals surface area contributed by atoms with Gasteiger partial charge in [0.2, 0.25) is 0 Å². The lowest BCUT2D eigenvalue weighted by Gasteiger charge is -2.01. The number of hydrogen-bond acceptors (Lipinski definition) is 4. The van der Waals surface area contributed by atoms with Crippen molar-refractivity contribution in [2.45, 2.75) is 6.92 Å². The maximum Gasteiger partial charge on any atom is 0.277 e. The zero-order valence-corrected chi connectivity index (χ0v) is 11.9. The number of aryl methyl sites for hydroxylation is 1. The largest absolute Gasteiger partial charge is 0.360 e. The molecule has 0 aliphatic rings. The van der Waals surface area contributed by atoms with Crippen molar-refractivity contribution in [2.24, 2.45) is 5.10 Å². The van der Waals surface area contributed by atoms with Crippen LogP contribution in [0.5, 0.6) is 0 Å². The van der Waals surface area contributed by atoms with E-state index in [2.05, 4.69) is 20.7 Å². The summed E-state index contributed by atoms with van der Waals surface area (Å²) in [4.78, 5) is 15.3. The number of benzene rings is 1. The average Bonchev–Trinajstić information content (AvgIpc) is 3.17. The van der Waals surface area contributed by atoms with Crippen LogP contribution in [-0.2, 0) is 0 Å². The van der Waals surface area contributed by atoms with E-state index in [1.54, 1.807) is 13.1 Å². The fraction of sp³-hybridized carbons (Fsp3) is 0.0625. The Kier molecular flexibility index (Phi) is 3.82. The summed E-state index contributed by atoms with van der Waals surface area (Å²) in [6, 6.07) is 13.1. The molecule has 0 aliphatic carbocycles.